The molecule has 0 aliphatic carbocycles. The first-order chi connectivity index (χ1) is 9.47. The summed E-state index contributed by atoms with van der Waals surface area (Å²) in [6.07, 6.45) is 0. The van der Waals surface area contributed by atoms with Crippen LogP contribution in [0.5, 0.6) is 0 Å². The van der Waals surface area contributed by atoms with E-state index in [4.69, 9.17) is 5.11 Å². The Labute approximate surface area is 130 Å². The van der Waals surface area contributed by atoms with E-state index in [1.54, 1.807) is 18.2 Å². The second-order valence-electron chi connectivity index (χ2n) is 5.11. The van der Waals surface area contributed by atoms with Crippen LogP contribution >= 0.6 is 12.4 Å². The SMILES string of the molecule is CN(C)CCN(C)c1ccc2cc(C(=O)O)ccc2n1.Cl. The number of anilines is 1. The summed E-state index contributed by atoms with van der Waals surface area (Å²) in [5, 5.41) is 9.82. The Morgan fingerprint density at radius 3 is 2.48 bits per heavy atom. The van der Waals surface area contributed by atoms with Crippen LogP contribution in [0.2, 0.25) is 0 Å². The minimum absolute atomic E-state index is 0. The molecule has 0 saturated carbocycles. The maximum atomic E-state index is 10.9. The molecule has 0 unspecified atom stereocenters. The zero-order chi connectivity index (χ0) is 14.7. The van der Waals surface area contributed by atoms with Crippen molar-refractivity contribution < 1.29 is 9.90 Å². The number of aromatic carboxylic acids is 1. The van der Waals surface area contributed by atoms with Gasteiger partial charge in [-0.2, -0.15) is 0 Å². The third-order valence-corrected chi connectivity index (χ3v) is 3.20. The number of carboxylic acids is 1. The number of carboxylic acid groups (broad SMARTS) is 1. The first kappa shape index (κ1) is 17.2. The fourth-order valence-electron chi connectivity index (χ4n) is 1.92. The Morgan fingerprint density at radius 2 is 1.86 bits per heavy atom. The summed E-state index contributed by atoms with van der Waals surface area (Å²) in [7, 11) is 6.08. The largest absolute Gasteiger partial charge is 0.478 e. The summed E-state index contributed by atoms with van der Waals surface area (Å²) in [6.45, 7) is 1.84. The summed E-state index contributed by atoms with van der Waals surface area (Å²) in [5.74, 6) is -0.0264. The summed E-state index contributed by atoms with van der Waals surface area (Å²) < 4.78 is 0. The molecule has 2 aromatic rings. The molecule has 0 fully saturated rings. The Hall–Kier alpha value is -1.85. The molecule has 114 valence electrons. The average molecular weight is 310 g/mol. The second-order valence-corrected chi connectivity index (χ2v) is 5.11. The van der Waals surface area contributed by atoms with Crippen molar-refractivity contribution in [1.82, 2.24) is 9.88 Å². The molecule has 0 amide bonds. The monoisotopic (exact) mass is 309 g/mol. The lowest BCUT2D eigenvalue weighted by molar-refractivity contribution is 0.0697. The maximum Gasteiger partial charge on any atom is 0.335 e. The van der Waals surface area contributed by atoms with Gasteiger partial charge in [-0.25, -0.2) is 9.78 Å². The van der Waals surface area contributed by atoms with E-state index >= 15 is 0 Å². The number of nitrogens with zero attached hydrogens (tertiary/aromatic N) is 3. The van der Waals surface area contributed by atoms with Gasteiger partial charge in [-0.15, -0.1) is 12.4 Å². The molecule has 21 heavy (non-hydrogen) atoms. The molecule has 0 saturated heterocycles. The quantitative estimate of drug-likeness (QED) is 0.919. The Morgan fingerprint density at radius 1 is 1.14 bits per heavy atom. The number of pyridine rings is 1. The number of carbonyl (C=O) groups is 1. The topological polar surface area (TPSA) is 56.7 Å². The van der Waals surface area contributed by atoms with Crippen molar-refractivity contribution in [2.24, 2.45) is 0 Å². The molecule has 0 atom stereocenters. The number of hydrogen-bond acceptors (Lipinski definition) is 4. The number of benzene rings is 1. The number of likely N-dealkylation sites (N-methyl/N-ethyl adjacent to an activating group) is 2. The summed E-state index contributed by atoms with van der Waals surface area (Å²) in [5.41, 5.74) is 1.09. The molecule has 0 aliphatic rings. The van der Waals surface area contributed by atoms with Crippen LogP contribution in [0.1, 0.15) is 10.4 Å². The normalized spacial score (nSPS) is 10.5. The van der Waals surface area contributed by atoms with E-state index in [0.29, 0.717) is 0 Å². The summed E-state index contributed by atoms with van der Waals surface area (Å²) in [4.78, 5) is 19.7. The van der Waals surface area contributed by atoms with E-state index in [-0.39, 0.29) is 18.0 Å². The predicted molar refractivity (Wildman–Crippen MR) is 87.8 cm³/mol. The zero-order valence-corrected chi connectivity index (χ0v) is 13.2. The third kappa shape index (κ3) is 4.31. The smallest absolute Gasteiger partial charge is 0.335 e. The predicted octanol–water partition coefficient (Wildman–Crippen LogP) is 2.35. The van der Waals surface area contributed by atoms with Gasteiger partial charge in [-0.1, -0.05) is 0 Å². The van der Waals surface area contributed by atoms with Crippen molar-refractivity contribution in [2.45, 2.75) is 0 Å². The van der Waals surface area contributed by atoms with E-state index in [1.165, 1.54) is 0 Å². The van der Waals surface area contributed by atoms with E-state index in [1.807, 2.05) is 33.3 Å². The van der Waals surface area contributed by atoms with Crippen molar-refractivity contribution in [2.75, 3.05) is 39.1 Å². The van der Waals surface area contributed by atoms with Crippen LogP contribution in [0.3, 0.4) is 0 Å². The standard InChI is InChI=1S/C15H19N3O2.ClH/c1-17(2)8-9-18(3)14-7-5-11-10-12(15(19)20)4-6-13(11)16-14;/h4-7,10H,8-9H2,1-3H3,(H,19,20);1H. The van der Waals surface area contributed by atoms with Gasteiger partial charge in [0.15, 0.2) is 0 Å². The molecular weight excluding hydrogens is 290 g/mol. The maximum absolute atomic E-state index is 10.9. The van der Waals surface area contributed by atoms with Crippen molar-refractivity contribution >= 4 is 35.1 Å². The lowest BCUT2D eigenvalue weighted by atomic mass is 10.1. The molecule has 5 nitrogen and oxygen atoms in total. The van der Waals surface area contributed by atoms with Gasteiger partial charge in [-0.3, -0.25) is 0 Å². The Balaban J connectivity index is 0.00000220. The Bertz CT molecular complexity index is 631. The lowest BCUT2D eigenvalue weighted by Gasteiger charge is -2.20. The molecule has 0 bridgehead atoms. The van der Waals surface area contributed by atoms with Crippen molar-refractivity contribution in [3.05, 3.63) is 35.9 Å². The molecule has 0 radical (unpaired) electrons. The summed E-state index contributed by atoms with van der Waals surface area (Å²) in [6, 6.07) is 8.82. The van der Waals surface area contributed by atoms with Gasteiger partial charge in [0.1, 0.15) is 5.82 Å². The first-order valence-electron chi connectivity index (χ1n) is 6.47. The van der Waals surface area contributed by atoms with Crippen LogP contribution < -0.4 is 4.90 Å². The number of hydrogen-bond donors (Lipinski definition) is 1. The van der Waals surface area contributed by atoms with Crippen molar-refractivity contribution in [3.8, 4) is 0 Å². The highest BCUT2D eigenvalue weighted by atomic mass is 35.5. The third-order valence-electron chi connectivity index (χ3n) is 3.20. The molecule has 0 aliphatic heterocycles. The molecular formula is C15H20ClN3O2. The second kappa shape index (κ2) is 7.24. The van der Waals surface area contributed by atoms with Crippen molar-refractivity contribution in [1.29, 1.82) is 0 Å². The van der Waals surface area contributed by atoms with Gasteiger partial charge in [0.25, 0.3) is 0 Å². The molecule has 1 heterocycles. The van der Waals surface area contributed by atoms with Crippen LogP contribution in [0, 0.1) is 0 Å². The van der Waals surface area contributed by atoms with Gasteiger partial charge in [0.05, 0.1) is 11.1 Å². The fraction of sp³-hybridized carbons (Fsp3) is 0.333. The molecule has 2 rings (SSSR count). The minimum atomic E-state index is -0.918. The summed E-state index contributed by atoms with van der Waals surface area (Å²) >= 11 is 0. The molecule has 6 heteroatoms. The van der Waals surface area contributed by atoms with Gasteiger partial charge in [0, 0.05) is 25.5 Å². The van der Waals surface area contributed by atoms with E-state index in [9.17, 15) is 4.79 Å². The highest BCUT2D eigenvalue weighted by Crippen LogP contribution is 2.18. The number of aromatic nitrogens is 1. The molecule has 0 spiro atoms. The zero-order valence-electron chi connectivity index (χ0n) is 12.4. The van der Waals surface area contributed by atoms with Crippen LogP contribution in [-0.2, 0) is 0 Å². The molecule has 1 aromatic heterocycles. The number of fused-ring (bicyclic) bond motifs is 1. The van der Waals surface area contributed by atoms with Gasteiger partial charge >= 0.3 is 5.97 Å². The van der Waals surface area contributed by atoms with Crippen LogP contribution in [-0.4, -0.2) is 55.2 Å². The van der Waals surface area contributed by atoms with Gasteiger partial charge < -0.3 is 14.9 Å². The number of halogens is 1. The molecule has 1 N–H and O–H groups in total. The van der Waals surface area contributed by atoms with Crippen LogP contribution in [0.15, 0.2) is 30.3 Å². The van der Waals surface area contributed by atoms with Gasteiger partial charge in [-0.05, 0) is 44.4 Å². The number of rotatable bonds is 5. The van der Waals surface area contributed by atoms with E-state index in [0.717, 1.165) is 29.8 Å². The average Bonchev–Trinajstić information content (AvgIpc) is 2.43. The van der Waals surface area contributed by atoms with E-state index < -0.39 is 5.97 Å². The van der Waals surface area contributed by atoms with E-state index in [2.05, 4.69) is 14.8 Å². The van der Waals surface area contributed by atoms with Crippen LogP contribution in [0.25, 0.3) is 10.9 Å². The van der Waals surface area contributed by atoms with Gasteiger partial charge in [0.2, 0.25) is 0 Å². The Kier molecular flexibility index (Phi) is 5.93. The fourth-order valence-corrected chi connectivity index (χ4v) is 1.92. The van der Waals surface area contributed by atoms with Crippen molar-refractivity contribution in [3.63, 3.8) is 0 Å². The minimum Gasteiger partial charge on any atom is -0.478 e. The highest BCUT2D eigenvalue weighted by molar-refractivity contribution is 5.93. The van der Waals surface area contributed by atoms with Crippen LogP contribution in [0.4, 0.5) is 5.82 Å². The first-order valence-corrected chi connectivity index (χ1v) is 6.47. The lowest BCUT2D eigenvalue weighted by Crippen LogP contribution is -2.28. The molecule has 1 aromatic carbocycles. The highest BCUT2D eigenvalue weighted by Gasteiger charge is 2.07.